The predicted octanol–water partition coefficient (Wildman–Crippen LogP) is 0.0630. The van der Waals surface area contributed by atoms with Gasteiger partial charge in [-0.25, -0.2) is 4.79 Å². The molecule has 22 heavy (non-hydrogen) atoms. The molecule has 2 aliphatic heterocycles. The Balaban J connectivity index is 2.13. The summed E-state index contributed by atoms with van der Waals surface area (Å²) in [5, 5.41) is 19.0. The number of ether oxygens (including phenoxy) is 4. The van der Waals surface area contributed by atoms with Gasteiger partial charge in [0.25, 0.3) is 0 Å². The Hall–Kier alpha value is -0.930. The van der Waals surface area contributed by atoms with Gasteiger partial charge in [-0.2, -0.15) is 0 Å². The first kappa shape index (κ1) is 17.4. The number of aliphatic hydroxyl groups is 2. The topological polar surface area (TPSA) is 97.7 Å². The smallest absolute Gasteiger partial charge is 0.410 e. The molecule has 0 aromatic heterocycles. The fraction of sp³-hybridized carbons (Fsp3) is 0.929. The Morgan fingerprint density at radius 2 is 1.95 bits per heavy atom. The largest absolute Gasteiger partial charge is 0.440 e. The molecule has 0 saturated carbocycles. The van der Waals surface area contributed by atoms with E-state index < -0.39 is 49.2 Å². The second kappa shape index (κ2) is 6.67. The number of hydrogen-bond acceptors (Lipinski definition) is 7. The number of carbonyl (C=O) groups is 1. The third-order valence-electron chi connectivity index (χ3n) is 3.85. The highest BCUT2D eigenvalue weighted by atomic mass is 16.8. The van der Waals surface area contributed by atoms with Gasteiger partial charge in [0.2, 0.25) is 0 Å². The second-order valence-corrected chi connectivity index (χ2v) is 5.84. The summed E-state index contributed by atoms with van der Waals surface area (Å²) in [6, 6.07) is 0. The van der Waals surface area contributed by atoms with Crippen molar-refractivity contribution in [1.29, 1.82) is 0 Å². The molecule has 1 amide bonds. The molecule has 0 bridgehead atoms. The van der Waals surface area contributed by atoms with E-state index in [1.807, 2.05) is 13.8 Å². The fourth-order valence-electron chi connectivity index (χ4n) is 2.72. The van der Waals surface area contributed by atoms with Crippen LogP contribution in [0.2, 0.25) is 0 Å². The minimum absolute atomic E-state index is 0.507. The molecule has 2 saturated heterocycles. The average molecular weight is 319 g/mol. The highest BCUT2D eigenvalue weighted by Gasteiger charge is 2.58. The summed E-state index contributed by atoms with van der Waals surface area (Å²) in [4.78, 5) is 13.7. The molecule has 2 rings (SSSR count). The van der Waals surface area contributed by atoms with E-state index in [1.54, 1.807) is 13.8 Å². The zero-order chi connectivity index (χ0) is 16.5. The molecule has 2 heterocycles. The van der Waals surface area contributed by atoms with Crippen molar-refractivity contribution >= 4 is 6.09 Å². The lowest BCUT2D eigenvalue weighted by molar-refractivity contribution is -0.227. The molecule has 128 valence electrons. The van der Waals surface area contributed by atoms with Gasteiger partial charge in [-0.3, -0.25) is 0 Å². The SMILES string of the molecule is CCN(CC)C(=O)O[C@@H]1[C@H]2OC(C)(C)O[C@H]2O[C@@H]1[C@H](O)CO. The molecule has 2 fully saturated rings. The summed E-state index contributed by atoms with van der Waals surface area (Å²) in [6.45, 7) is 7.66. The van der Waals surface area contributed by atoms with E-state index in [9.17, 15) is 9.90 Å². The fourth-order valence-corrected chi connectivity index (χ4v) is 2.72. The molecule has 2 aliphatic rings. The standard InChI is InChI=1S/C14H25NO7/c1-5-15(6-2)13(18)20-10-9(8(17)7-16)19-12-11(10)21-14(3,4)22-12/h8-12,16-17H,5-7H2,1-4H3/t8-,9-,10+,11-,12-/m1/s1. The second-order valence-electron chi connectivity index (χ2n) is 5.84. The predicted molar refractivity (Wildman–Crippen MR) is 75.0 cm³/mol. The zero-order valence-electron chi connectivity index (χ0n) is 13.4. The van der Waals surface area contributed by atoms with Crippen LogP contribution in [0.3, 0.4) is 0 Å². The van der Waals surface area contributed by atoms with Crippen LogP contribution in [0.25, 0.3) is 0 Å². The minimum Gasteiger partial charge on any atom is -0.440 e. The van der Waals surface area contributed by atoms with Crippen molar-refractivity contribution in [2.24, 2.45) is 0 Å². The zero-order valence-corrected chi connectivity index (χ0v) is 13.4. The molecule has 8 nitrogen and oxygen atoms in total. The Morgan fingerprint density at radius 1 is 1.32 bits per heavy atom. The third-order valence-corrected chi connectivity index (χ3v) is 3.85. The van der Waals surface area contributed by atoms with E-state index in [0.717, 1.165) is 0 Å². The Kier molecular flexibility index (Phi) is 5.29. The Labute approximate surface area is 129 Å². The quantitative estimate of drug-likeness (QED) is 0.739. The maximum Gasteiger partial charge on any atom is 0.410 e. The molecular formula is C14H25NO7. The van der Waals surface area contributed by atoms with Gasteiger partial charge >= 0.3 is 6.09 Å². The van der Waals surface area contributed by atoms with E-state index in [1.165, 1.54) is 4.90 Å². The highest BCUT2D eigenvalue weighted by Crippen LogP contribution is 2.39. The lowest BCUT2D eigenvalue weighted by Gasteiger charge is -2.29. The van der Waals surface area contributed by atoms with Crippen molar-refractivity contribution in [1.82, 2.24) is 4.90 Å². The lowest BCUT2D eigenvalue weighted by Crippen LogP contribution is -2.47. The van der Waals surface area contributed by atoms with E-state index in [-0.39, 0.29) is 0 Å². The van der Waals surface area contributed by atoms with Crippen LogP contribution in [0.1, 0.15) is 27.7 Å². The number of hydrogen-bond donors (Lipinski definition) is 2. The van der Waals surface area contributed by atoms with Crippen molar-refractivity contribution in [3.05, 3.63) is 0 Å². The Bertz CT molecular complexity index is 399. The molecule has 0 radical (unpaired) electrons. The molecule has 8 heteroatoms. The van der Waals surface area contributed by atoms with Crippen LogP contribution in [0.15, 0.2) is 0 Å². The Morgan fingerprint density at radius 3 is 2.50 bits per heavy atom. The maximum atomic E-state index is 12.2. The summed E-state index contributed by atoms with van der Waals surface area (Å²) in [7, 11) is 0. The van der Waals surface area contributed by atoms with Crippen LogP contribution < -0.4 is 0 Å². The van der Waals surface area contributed by atoms with Crippen molar-refractivity contribution in [3.8, 4) is 0 Å². The molecular weight excluding hydrogens is 294 g/mol. The van der Waals surface area contributed by atoms with Gasteiger partial charge in [0.15, 0.2) is 24.3 Å². The number of aliphatic hydroxyl groups excluding tert-OH is 2. The van der Waals surface area contributed by atoms with Crippen LogP contribution in [0, 0.1) is 0 Å². The first-order chi connectivity index (χ1) is 10.3. The molecule has 0 spiro atoms. The molecule has 2 N–H and O–H groups in total. The lowest BCUT2D eigenvalue weighted by atomic mass is 10.1. The van der Waals surface area contributed by atoms with E-state index >= 15 is 0 Å². The van der Waals surface area contributed by atoms with E-state index in [0.29, 0.717) is 13.1 Å². The van der Waals surface area contributed by atoms with E-state index in [2.05, 4.69) is 0 Å². The maximum absolute atomic E-state index is 12.2. The van der Waals surface area contributed by atoms with Crippen molar-refractivity contribution in [2.75, 3.05) is 19.7 Å². The monoisotopic (exact) mass is 319 g/mol. The minimum atomic E-state index is -1.18. The molecule has 0 aliphatic carbocycles. The van der Waals surface area contributed by atoms with Gasteiger partial charge in [-0.05, 0) is 27.7 Å². The van der Waals surface area contributed by atoms with Crippen LogP contribution in [-0.2, 0) is 18.9 Å². The first-order valence-corrected chi connectivity index (χ1v) is 7.58. The van der Waals surface area contributed by atoms with Crippen LogP contribution in [0.5, 0.6) is 0 Å². The first-order valence-electron chi connectivity index (χ1n) is 7.58. The molecule has 0 aromatic rings. The third kappa shape index (κ3) is 3.36. The molecule has 0 unspecified atom stereocenters. The van der Waals surface area contributed by atoms with Gasteiger partial charge in [-0.1, -0.05) is 0 Å². The van der Waals surface area contributed by atoms with Crippen molar-refractivity contribution < 1.29 is 34.0 Å². The number of carbonyl (C=O) groups excluding carboxylic acids is 1. The van der Waals surface area contributed by atoms with Crippen LogP contribution in [-0.4, -0.2) is 77.4 Å². The normalized spacial score (nSPS) is 34.3. The van der Waals surface area contributed by atoms with E-state index in [4.69, 9.17) is 24.1 Å². The van der Waals surface area contributed by atoms with Gasteiger partial charge in [0.1, 0.15) is 12.2 Å². The summed E-state index contributed by atoms with van der Waals surface area (Å²) in [5.74, 6) is -0.857. The van der Waals surface area contributed by atoms with Crippen LogP contribution in [0.4, 0.5) is 4.79 Å². The summed E-state index contributed by atoms with van der Waals surface area (Å²) < 4.78 is 22.4. The molecule has 5 atom stereocenters. The number of amides is 1. The van der Waals surface area contributed by atoms with Crippen molar-refractivity contribution in [3.63, 3.8) is 0 Å². The van der Waals surface area contributed by atoms with Gasteiger partial charge in [0.05, 0.1) is 6.61 Å². The van der Waals surface area contributed by atoms with Crippen LogP contribution >= 0.6 is 0 Å². The van der Waals surface area contributed by atoms with Gasteiger partial charge in [0, 0.05) is 13.1 Å². The number of rotatable bonds is 5. The number of fused-ring (bicyclic) bond motifs is 1. The van der Waals surface area contributed by atoms with Gasteiger partial charge < -0.3 is 34.1 Å². The summed E-state index contributed by atoms with van der Waals surface area (Å²) in [5.41, 5.74) is 0. The van der Waals surface area contributed by atoms with Gasteiger partial charge in [-0.15, -0.1) is 0 Å². The average Bonchev–Trinajstić information content (AvgIpc) is 2.92. The van der Waals surface area contributed by atoms with Crippen molar-refractivity contribution in [2.45, 2.75) is 64.2 Å². The summed E-state index contributed by atoms with van der Waals surface area (Å²) in [6.07, 6.45) is -4.81. The summed E-state index contributed by atoms with van der Waals surface area (Å²) >= 11 is 0. The number of nitrogens with zero attached hydrogens (tertiary/aromatic N) is 1. The highest BCUT2D eigenvalue weighted by molar-refractivity contribution is 5.67. The molecule has 0 aromatic carbocycles.